The van der Waals surface area contributed by atoms with Crippen molar-refractivity contribution in [2.75, 3.05) is 0 Å². The van der Waals surface area contributed by atoms with Crippen LogP contribution >= 0.6 is 0 Å². The highest BCUT2D eigenvalue weighted by molar-refractivity contribution is 5.93. The minimum atomic E-state index is -0.521. The van der Waals surface area contributed by atoms with Crippen LogP contribution in [0.2, 0.25) is 0 Å². The lowest BCUT2D eigenvalue weighted by atomic mass is 10.4. The van der Waals surface area contributed by atoms with Crippen LogP contribution in [0.15, 0.2) is 23.8 Å². The molecule has 0 bridgehead atoms. The lowest BCUT2D eigenvalue weighted by Crippen LogP contribution is -1.92. The van der Waals surface area contributed by atoms with E-state index in [9.17, 15) is 4.39 Å². The van der Waals surface area contributed by atoms with Gasteiger partial charge in [-0.2, -0.15) is 0 Å². The van der Waals surface area contributed by atoms with Gasteiger partial charge >= 0.3 is 0 Å². The summed E-state index contributed by atoms with van der Waals surface area (Å²) in [7, 11) is 0. The van der Waals surface area contributed by atoms with Gasteiger partial charge in [0.25, 0.3) is 0 Å². The maximum atomic E-state index is 13.0. The van der Waals surface area contributed by atoms with Crippen molar-refractivity contribution in [2.45, 2.75) is 13.8 Å². The molecule has 0 unspecified atom stereocenters. The zero-order valence-electron chi connectivity index (χ0n) is 7.58. The molecular weight excluding hydrogens is 169 g/mol. The van der Waals surface area contributed by atoms with Crippen molar-refractivity contribution in [2.24, 2.45) is 4.99 Å². The second-order valence-electron chi connectivity index (χ2n) is 2.55. The summed E-state index contributed by atoms with van der Waals surface area (Å²) in [6, 6.07) is 0. The summed E-state index contributed by atoms with van der Waals surface area (Å²) in [5, 5.41) is 0. The van der Waals surface area contributed by atoms with Crippen LogP contribution in [0.3, 0.4) is 0 Å². The summed E-state index contributed by atoms with van der Waals surface area (Å²) in [5.41, 5.74) is 0.622. The highest BCUT2D eigenvalue weighted by Crippen LogP contribution is 2.13. The Morgan fingerprint density at radius 3 is 3.00 bits per heavy atom. The van der Waals surface area contributed by atoms with Gasteiger partial charge < -0.3 is 0 Å². The van der Waals surface area contributed by atoms with Crippen LogP contribution in [0.1, 0.15) is 12.7 Å². The van der Waals surface area contributed by atoms with Gasteiger partial charge in [0.2, 0.25) is 0 Å². The molecular formula is C9H10FN3. The van der Waals surface area contributed by atoms with Crippen molar-refractivity contribution in [1.82, 2.24) is 9.97 Å². The van der Waals surface area contributed by atoms with Gasteiger partial charge in [0, 0.05) is 5.71 Å². The van der Waals surface area contributed by atoms with E-state index >= 15 is 0 Å². The molecule has 1 heterocycles. The van der Waals surface area contributed by atoms with Crippen molar-refractivity contribution in [3.8, 4) is 0 Å². The second kappa shape index (κ2) is 3.89. The summed E-state index contributed by atoms with van der Waals surface area (Å²) in [5.74, 6) is 0.0358. The molecule has 0 N–H and O–H groups in total. The Morgan fingerprint density at radius 1 is 1.69 bits per heavy atom. The summed E-state index contributed by atoms with van der Waals surface area (Å²) in [4.78, 5) is 11.4. The molecule has 13 heavy (non-hydrogen) atoms. The van der Waals surface area contributed by atoms with Crippen LogP contribution in [0.25, 0.3) is 0 Å². The van der Waals surface area contributed by atoms with Crippen molar-refractivity contribution >= 4 is 11.5 Å². The van der Waals surface area contributed by atoms with E-state index < -0.39 is 5.82 Å². The molecule has 0 aliphatic carbocycles. The molecule has 1 rings (SSSR count). The highest BCUT2D eigenvalue weighted by atomic mass is 19.1. The molecule has 4 heteroatoms. The van der Waals surface area contributed by atoms with Gasteiger partial charge in [-0.05, 0) is 19.9 Å². The largest absolute Gasteiger partial charge is 0.238 e. The Balaban J connectivity index is 3.13. The smallest absolute Gasteiger partial charge is 0.192 e. The van der Waals surface area contributed by atoms with Crippen LogP contribution in [0.5, 0.6) is 0 Å². The van der Waals surface area contributed by atoms with Crippen LogP contribution in [-0.4, -0.2) is 15.7 Å². The monoisotopic (exact) mass is 179 g/mol. The minimum absolute atomic E-state index is 0.0601. The molecule has 0 fully saturated rings. The maximum absolute atomic E-state index is 13.0. The van der Waals surface area contributed by atoms with Gasteiger partial charge in [-0.3, -0.25) is 0 Å². The quantitative estimate of drug-likeness (QED) is 0.653. The van der Waals surface area contributed by atoms with Crippen LogP contribution in [-0.2, 0) is 0 Å². The molecule has 68 valence electrons. The Morgan fingerprint density at radius 2 is 2.38 bits per heavy atom. The molecule has 0 atom stereocenters. The SMILES string of the molecule is C=CC(C)=Nc1nc(C)ncc1F. The fraction of sp³-hybridized carbons (Fsp3) is 0.222. The molecule has 0 amide bonds. The molecule has 0 saturated carbocycles. The molecule has 0 spiro atoms. The van der Waals surface area contributed by atoms with Crippen molar-refractivity contribution < 1.29 is 4.39 Å². The van der Waals surface area contributed by atoms with Crippen molar-refractivity contribution in [3.63, 3.8) is 0 Å². The number of nitrogens with zero attached hydrogens (tertiary/aromatic N) is 3. The van der Waals surface area contributed by atoms with E-state index in [0.717, 1.165) is 6.20 Å². The fourth-order valence-electron chi connectivity index (χ4n) is 0.734. The number of rotatable bonds is 2. The maximum Gasteiger partial charge on any atom is 0.192 e. The van der Waals surface area contributed by atoms with Gasteiger partial charge in [-0.15, -0.1) is 0 Å². The summed E-state index contributed by atoms with van der Waals surface area (Å²) in [6.07, 6.45) is 2.65. The fourth-order valence-corrected chi connectivity index (χ4v) is 0.734. The first-order valence-corrected chi connectivity index (χ1v) is 3.80. The molecule has 0 aliphatic rings. The van der Waals surface area contributed by atoms with Crippen molar-refractivity contribution in [3.05, 3.63) is 30.5 Å². The summed E-state index contributed by atoms with van der Waals surface area (Å²) in [6.45, 7) is 6.92. The molecule has 0 radical (unpaired) electrons. The van der Waals surface area contributed by atoms with E-state index in [2.05, 4.69) is 21.5 Å². The van der Waals surface area contributed by atoms with Gasteiger partial charge in [0.1, 0.15) is 5.82 Å². The standard InChI is InChI=1S/C9H10FN3/c1-4-6(2)12-9-8(10)5-11-7(3)13-9/h4-5H,1H2,2-3H3. The molecule has 1 aromatic heterocycles. The Bertz CT molecular complexity index is 358. The zero-order chi connectivity index (χ0) is 9.84. The topological polar surface area (TPSA) is 38.1 Å². The normalized spacial score (nSPS) is 11.5. The number of hydrogen-bond donors (Lipinski definition) is 0. The van der Waals surface area contributed by atoms with E-state index in [1.165, 1.54) is 6.08 Å². The third kappa shape index (κ3) is 2.43. The van der Waals surface area contributed by atoms with E-state index in [1.807, 2.05) is 0 Å². The molecule has 0 saturated heterocycles. The third-order valence-corrected chi connectivity index (χ3v) is 1.42. The Hall–Kier alpha value is -1.58. The van der Waals surface area contributed by atoms with E-state index in [1.54, 1.807) is 13.8 Å². The van der Waals surface area contributed by atoms with Crippen LogP contribution in [0.4, 0.5) is 10.2 Å². The number of aromatic nitrogens is 2. The average Bonchev–Trinajstić information content (AvgIpc) is 2.11. The third-order valence-electron chi connectivity index (χ3n) is 1.42. The summed E-state index contributed by atoms with van der Waals surface area (Å²) >= 11 is 0. The Kier molecular flexibility index (Phi) is 2.84. The highest BCUT2D eigenvalue weighted by Gasteiger charge is 2.02. The van der Waals surface area contributed by atoms with E-state index in [4.69, 9.17) is 0 Å². The lowest BCUT2D eigenvalue weighted by molar-refractivity contribution is 0.614. The average molecular weight is 179 g/mol. The van der Waals surface area contributed by atoms with E-state index in [0.29, 0.717) is 11.5 Å². The predicted octanol–water partition coefficient (Wildman–Crippen LogP) is 2.20. The zero-order valence-corrected chi connectivity index (χ0v) is 7.58. The first-order chi connectivity index (χ1) is 6.13. The lowest BCUT2D eigenvalue weighted by Gasteiger charge is -1.97. The van der Waals surface area contributed by atoms with E-state index in [-0.39, 0.29) is 5.82 Å². The summed E-state index contributed by atoms with van der Waals surface area (Å²) < 4.78 is 13.0. The van der Waals surface area contributed by atoms with Gasteiger partial charge in [0.15, 0.2) is 11.6 Å². The number of aliphatic imine (C=N–C) groups is 1. The van der Waals surface area contributed by atoms with Crippen LogP contribution in [0, 0.1) is 12.7 Å². The number of aryl methyl sites for hydroxylation is 1. The van der Waals surface area contributed by atoms with Gasteiger partial charge in [-0.25, -0.2) is 19.4 Å². The van der Waals surface area contributed by atoms with Crippen LogP contribution < -0.4 is 0 Å². The van der Waals surface area contributed by atoms with Gasteiger partial charge in [0.05, 0.1) is 6.20 Å². The first kappa shape index (κ1) is 9.51. The Labute approximate surface area is 76.1 Å². The predicted molar refractivity (Wildman–Crippen MR) is 49.7 cm³/mol. The molecule has 1 aromatic rings. The minimum Gasteiger partial charge on any atom is -0.238 e. The van der Waals surface area contributed by atoms with Crippen molar-refractivity contribution in [1.29, 1.82) is 0 Å². The molecule has 0 aromatic carbocycles. The number of hydrogen-bond acceptors (Lipinski definition) is 3. The number of allylic oxidation sites excluding steroid dienone is 1. The van der Waals surface area contributed by atoms with Gasteiger partial charge in [-0.1, -0.05) is 6.58 Å². The molecule has 0 aliphatic heterocycles. The first-order valence-electron chi connectivity index (χ1n) is 3.80. The number of halogens is 1. The second-order valence-corrected chi connectivity index (χ2v) is 2.55. The molecule has 3 nitrogen and oxygen atoms in total.